The molecular weight excluding hydrogens is 941 g/mol. The fourth-order valence-corrected chi connectivity index (χ4v) is 12.9. The molecule has 0 fully saturated rings. The lowest BCUT2D eigenvalue weighted by molar-refractivity contribution is 0.518. The summed E-state index contributed by atoms with van der Waals surface area (Å²) in [6.07, 6.45) is 97.0. The molecule has 1 rings (SSSR count). The Morgan fingerprint density at radius 3 is 0.474 bits per heavy atom. The van der Waals surface area contributed by atoms with Gasteiger partial charge in [0.25, 0.3) is 0 Å². The third-order valence-electron chi connectivity index (χ3n) is 18.3. The van der Waals surface area contributed by atoms with Gasteiger partial charge in [0, 0.05) is 17.8 Å². The number of nitrogens with zero attached hydrogens (tertiary/aromatic N) is 2. The third kappa shape index (κ3) is 54.3. The van der Waals surface area contributed by atoms with Gasteiger partial charge in [0.1, 0.15) is 5.82 Å². The van der Waals surface area contributed by atoms with Crippen molar-refractivity contribution in [3.8, 4) is 0 Å². The van der Waals surface area contributed by atoms with Crippen LogP contribution in [0.3, 0.4) is 0 Å². The second kappa shape index (κ2) is 65.2. The van der Waals surface area contributed by atoms with Gasteiger partial charge in [-0.25, -0.2) is 9.97 Å². The van der Waals surface area contributed by atoms with Crippen LogP contribution in [0.1, 0.15) is 461 Å². The lowest BCUT2D eigenvalue weighted by Crippen LogP contribution is -2.11. The van der Waals surface area contributed by atoms with Gasteiger partial charge in [0.2, 0.25) is 0 Å². The van der Waals surface area contributed by atoms with E-state index in [1.807, 2.05) is 0 Å². The zero-order chi connectivity index (χ0) is 55.8. The lowest BCUT2D eigenvalue weighted by atomic mass is 9.96. The zero-order valence-corrected chi connectivity index (χ0v) is 55.0. The lowest BCUT2D eigenvalue weighted by Gasteiger charge is -2.16. The van der Waals surface area contributed by atoms with Gasteiger partial charge in [0.15, 0.2) is 0 Å². The van der Waals surface area contributed by atoms with Crippen LogP contribution in [0.2, 0.25) is 0 Å². The molecule has 0 aliphatic rings. The van der Waals surface area contributed by atoms with Crippen molar-refractivity contribution in [2.45, 2.75) is 464 Å². The Labute approximate surface area is 494 Å². The smallest absolute Gasteiger partial charge is 0.128 e. The molecule has 1 heterocycles. The van der Waals surface area contributed by atoms with Gasteiger partial charge in [-0.2, -0.15) is 0 Å². The average molecular weight is 1090 g/mol. The molecule has 0 saturated carbocycles. The highest BCUT2D eigenvalue weighted by Gasteiger charge is 2.15. The van der Waals surface area contributed by atoms with Crippen LogP contribution in [0, 0.1) is 0 Å². The molecule has 78 heavy (non-hydrogen) atoms. The molecule has 0 spiro atoms. The Bertz CT molecular complexity index is 1190. The van der Waals surface area contributed by atoms with Crippen molar-refractivity contribution in [1.82, 2.24) is 9.97 Å². The highest BCUT2D eigenvalue weighted by molar-refractivity contribution is 5.27. The summed E-state index contributed by atoms with van der Waals surface area (Å²) >= 11 is 0. The van der Waals surface area contributed by atoms with Crippen molar-refractivity contribution in [3.63, 3.8) is 0 Å². The van der Waals surface area contributed by atoms with Crippen molar-refractivity contribution in [2.24, 2.45) is 0 Å². The summed E-state index contributed by atoms with van der Waals surface area (Å²) in [4.78, 5) is 10.8. The van der Waals surface area contributed by atoms with Crippen molar-refractivity contribution in [3.05, 3.63) is 22.8 Å². The van der Waals surface area contributed by atoms with E-state index < -0.39 is 0 Å². The highest BCUT2D eigenvalue weighted by Crippen LogP contribution is 2.24. The normalized spacial score (nSPS) is 11.7. The van der Waals surface area contributed by atoms with Crippen molar-refractivity contribution in [1.29, 1.82) is 0 Å². The monoisotopic (exact) mass is 1090 g/mol. The molecule has 0 aliphatic carbocycles. The summed E-state index contributed by atoms with van der Waals surface area (Å²) in [5.74, 6) is 1.15. The Morgan fingerprint density at radius 1 is 0.154 bits per heavy atom. The molecule has 0 saturated heterocycles. The van der Waals surface area contributed by atoms with E-state index >= 15 is 0 Å². The minimum Gasteiger partial charge on any atom is -0.238 e. The van der Waals surface area contributed by atoms with Crippen LogP contribution in [-0.2, 0) is 25.7 Å². The van der Waals surface area contributed by atoms with Crippen molar-refractivity contribution in [2.75, 3.05) is 0 Å². The topological polar surface area (TPSA) is 25.8 Å². The van der Waals surface area contributed by atoms with Gasteiger partial charge in [-0.15, -0.1) is 0 Å². The van der Waals surface area contributed by atoms with E-state index in [1.165, 1.54) is 435 Å². The molecule has 2 heteroatoms. The van der Waals surface area contributed by atoms with Crippen LogP contribution in [0.5, 0.6) is 0 Å². The molecular formula is C76H148N2. The minimum absolute atomic E-state index is 1.04. The van der Waals surface area contributed by atoms with Crippen LogP contribution in [0.25, 0.3) is 0 Å². The fourth-order valence-electron chi connectivity index (χ4n) is 12.9. The molecule has 0 atom stereocenters. The molecule has 0 aromatic carbocycles. The first kappa shape index (κ1) is 75.1. The molecule has 0 bridgehead atoms. The molecule has 0 aliphatic heterocycles. The molecule has 1 aromatic heterocycles. The van der Waals surface area contributed by atoms with E-state index in [1.54, 1.807) is 5.56 Å². The fraction of sp³-hybridized carbons (Fsp3) is 0.947. The van der Waals surface area contributed by atoms with Crippen molar-refractivity contribution >= 4 is 0 Å². The highest BCUT2D eigenvalue weighted by atomic mass is 14.9. The summed E-state index contributed by atoms with van der Waals surface area (Å²) in [5.41, 5.74) is 4.50. The first-order valence-electron chi connectivity index (χ1n) is 37.6. The van der Waals surface area contributed by atoms with Crippen LogP contribution >= 0.6 is 0 Å². The summed E-state index contributed by atoms with van der Waals surface area (Å²) in [6, 6.07) is 0. The Balaban J connectivity index is 2.39. The summed E-state index contributed by atoms with van der Waals surface area (Å²) in [7, 11) is 0. The quantitative estimate of drug-likeness (QED) is 0.0608. The van der Waals surface area contributed by atoms with Crippen LogP contribution in [0.15, 0.2) is 0 Å². The van der Waals surface area contributed by atoms with E-state index in [0.29, 0.717) is 0 Å². The van der Waals surface area contributed by atoms with E-state index in [0.717, 1.165) is 18.7 Å². The van der Waals surface area contributed by atoms with Gasteiger partial charge in [-0.3, -0.25) is 0 Å². The standard InChI is InChI=1S/C76H148N2/c1-5-9-12-15-18-21-24-27-30-33-36-39-42-45-48-51-54-57-60-63-66-70-73-74(71-67-64-61-58-55-52-49-46-43-40-37-34-31-28-25-22-19-16-13-10-6-2)77-76(69-8-4)78-75(73)72-68-65-62-59-56-53-50-47-44-41-38-35-32-29-26-23-20-17-14-11-7-3/h5-72H2,1-4H3. The van der Waals surface area contributed by atoms with Gasteiger partial charge in [0.05, 0.1) is 0 Å². The SMILES string of the molecule is CCCCCCCCCCCCCCCCCCCCCCCc1nc(CCC)nc(CCCCCCCCCCCCCCCCCCCCCCC)c1CCCCCCCCCCCCCCCCCCCCCCC. The second-order valence-electron chi connectivity index (χ2n) is 26.2. The number of hydrogen-bond acceptors (Lipinski definition) is 2. The summed E-state index contributed by atoms with van der Waals surface area (Å²) in [6.45, 7) is 9.27. The maximum atomic E-state index is 5.38. The summed E-state index contributed by atoms with van der Waals surface area (Å²) < 4.78 is 0. The molecule has 462 valence electrons. The van der Waals surface area contributed by atoms with Crippen LogP contribution in [0.4, 0.5) is 0 Å². The van der Waals surface area contributed by atoms with E-state index in [-0.39, 0.29) is 0 Å². The number of hydrogen-bond donors (Lipinski definition) is 0. The van der Waals surface area contributed by atoms with Gasteiger partial charge in [-0.1, -0.05) is 413 Å². The number of unbranched alkanes of at least 4 members (excludes halogenated alkanes) is 60. The number of aromatic nitrogens is 2. The van der Waals surface area contributed by atoms with Gasteiger partial charge < -0.3 is 0 Å². The van der Waals surface area contributed by atoms with E-state index in [9.17, 15) is 0 Å². The number of rotatable bonds is 68. The predicted molar refractivity (Wildman–Crippen MR) is 355 cm³/mol. The maximum Gasteiger partial charge on any atom is 0.128 e. The largest absolute Gasteiger partial charge is 0.238 e. The molecule has 0 N–H and O–H groups in total. The first-order chi connectivity index (χ1) is 38.8. The zero-order valence-electron chi connectivity index (χ0n) is 55.0. The van der Waals surface area contributed by atoms with Gasteiger partial charge >= 0.3 is 0 Å². The van der Waals surface area contributed by atoms with Crippen molar-refractivity contribution < 1.29 is 0 Å². The van der Waals surface area contributed by atoms with E-state index in [2.05, 4.69) is 27.7 Å². The molecule has 1 aromatic rings. The first-order valence-corrected chi connectivity index (χ1v) is 37.6. The second-order valence-corrected chi connectivity index (χ2v) is 26.2. The number of aryl methyl sites for hydroxylation is 3. The van der Waals surface area contributed by atoms with Crippen LogP contribution < -0.4 is 0 Å². The molecule has 0 radical (unpaired) electrons. The van der Waals surface area contributed by atoms with Crippen LogP contribution in [-0.4, -0.2) is 9.97 Å². The van der Waals surface area contributed by atoms with E-state index in [4.69, 9.17) is 9.97 Å². The molecule has 2 nitrogen and oxygen atoms in total. The van der Waals surface area contributed by atoms with Gasteiger partial charge in [-0.05, 0) is 50.5 Å². The summed E-state index contributed by atoms with van der Waals surface area (Å²) in [5, 5.41) is 0. The Hall–Kier alpha value is -0.920. The maximum absolute atomic E-state index is 5.38. The third-order valence-corrected chi connectivity index (χ3v) is 18.3. The minimum atomic E-state index is 1.04. The Morgan fingerprint density at radius 2 is 0.308 bits per heavy atom. The average Bonchev–Trinajstić information content (AvgIpc) is 3.48. The predicted octanol–water partition coefficient (Wildman–Crippen LogP) is 27.7. The molecule has 0 unspecified atom stereocenters. The molecule has 0 amide bonds. The Kier molecular flexibility index (Phi) is 62.8.